The summed E-state index contributed by atoms with van der Waals surface area (Å²) >= 11 is 0. The van der Waals surface area contributed by atoms with Crippen molar-refractivity contribution in [3.8, 4) is 11.3 Å². The standard InChI is InChI=1S/C60H78F2N12O12/c1-36(2)52(71-47(76)16-10-7-11-29-73-49(78)23-24-50(73)79)57(83)70-44(15-12-27-66-59(64)86)56(82)67-40-20-17-37(18-21-40)31-45(58(84)85)68-48(77)25-28-65-55(81)43(63)26-30-74(51(80)35-75)53(60(3,4)5)54-69-46(41-32-39(61)19-22-42(41)62)34-72(54)33-38-13-8-6-9-14-38/h6,8-9,13-14,17-24,32,34,36,43-45,52-53,75H,7,10-12,15-16,25-31,33,35,63H2,1-5H3,(H,65,81)(H,67,82)(H,68,77)(H,70,83)(H,71,76)(H,84,85)(H3,64,66,86)/t43-,44-,45-,52-,53-/m0/s1. The summed E-state index contributed by atoms with van der Waals surface area (Å²) in [4.78, 5) is 135. The minimum atomic E-state index is -1.42. The van der Waals surface area contributed by atoms with Crippen molar-refractivity contribution >= 4 is 64.9 Å². The van der Waals surface area contributed by atoms with E-state index in [2.05, 4.69) is 31.9 Å². The molecule has 0 bridgehead atoms. The Morgan fingerprint density at radius 2 is 1.42 bits per heavy atom. The molecule has 0 spiro atoms. The van der Waals surface area contributed by atoms with Gasteiger partial charge in [0.25, 0.3) is 11.8 Å². The number of rotatable bonds is 33. The van der Waals surface area contributed by atoms with Gasteiger partial charge in [-0.05, 0) is 84.9 Å². The highest BCUT2D eigenvalue weighted by Crippen LogP contribution is 2.40. The quantitative estimate of drug-likeness (QED) is 0.0242. The van der Waals surface area contributed by atoms with Gasteiger partial charge < -0.3 is 63.0 Å². The Morgan fingerprint density at radius 3 is 2.05 bits per heavy atom. The predicted molar refractivity (Wildman–Crippen MR) is 313 cm³/mol. The first-order valence-corrected chi connectivity index (χ1v) is 28.3. The van der Waals surface area contributed by atoms with E-state index in [1.165, 1.54) is 41.3 Å². The van der Waals surface area contributed by atoms with Gasteiger partial charge in [0.15, 0.2) is 0 Å². The number of aromatic nitrogens is 2. The van der Waals surface area contributed by atoms with Gasteiger partial charge in [0.05, 0.1) is 17.8 Å². The first kappa shape index (κ1) is 67.9. The van der Waals surface area contributed by atoms with Crippen molar-refractivity contribution in [3.05, 3.63) is 120 Å². The number of carbonyl (C=O) groups excluding carboxylic acids is 9. The number of urea groups is 1. The molecule has 26 heteroatoms. The largest absolute Gasteiger partial charge is 0.480 e. The number of imidazole rings is 1. The van der Waals surface area contributed by atoms with Crippen molar-refractivity contribution in [2.24, 2.45) is 22.8 Å². The van der Waals surface area contributed by atoms with Crippen LogP contribution in [0.25, 0.3) is 11.3 Å². The summed E-state index contributed by atoms with van der Waals surface area (Å²) < 4.78 is 31.3. The van der Waals surface area contributed by atoms with E-state index in [-0.39, 0.29) is 100 Å². The fourth-order valence-corrected chi connectivity index (χ4v) is 9.57. The van der Waals surface area contributed by atoms with Crippen LogP contribution in [0.3, 0.4) is 0 Å². The molecule has 0 aliphatic carbocycles. The van der Waals surface area contributed by atoms with Crippen LogP contribution in [-0.2, 0) is 56.1 Å². The summed E-state index contributed by atoms with van der Waals surface area (Å²) in [5.41, 5.74) is 12.3. The number of hydrogen-bond donors (Lipinski definition) is 10. The molecule has 0 unspecified atom stereocenters. The zero-order chi connectivity index (χ0) is 63.3. The summed E-state index contributed by atoms with van der Waals surface area (Å²) in [5, 5.41) is 35.8. The van der Waals surface area contributed by atoms with E-state index in [1.807, 2.05) is 51.1 Å². The number of nitrogens with one attached hydrogen (secondary N) is 6. The number of unbranched alkanes of at least 4 members (excludes halogenated alkanes) is 2. The normalized spacial score (nSPS) is 14.0. The lowest BCUT2D eigenvalue weighted by molar-refractivity contribution is -0.142. The van der Waals surface area contributed by atoms with Crippen LogP contribution < -0.4 is 43.4 Å². The van der Waals surface area contributed by atoms with Crippen LogP contribution in [0.4, 0.5) is 19.3 Å². The van der Waals surface area contributed by atoms with Gasteiger partial charge in [0, 0.05) is 81.6 Å². The lowest BCUT2D eigenvalue weighted by Crippen LogP contribution is -2.54. The van der Waals surface area contributed by atoms with E-state index in [0.29, 0.717) is 30.7 Å². The molecule has 1 aliphatic heterocycles. The van der Waals surface area contributed by atoms with Gasteiger partial charge in [0.1, 0.15) is 42.2 Å². The molecule has 464 valence electrons. The second-order valence-electron chi connectivity index (χ2n) is 22.3. The van der Waals surface area contributed by atoms with Gasteiger partial charge in [-0.15, -0.1) is 0 Å². The fraction of sp³-hybridized carbons (Fsp3) is 0.450. The van der Waals surface area contributed by atoms with Crippen LogP contribution in [-0.4, -0.2) is 146 Å². The number of aliphatic carboxylic acids is 1. The number of amides is 10. The fourth-order valence-electron chi connectivity index (χ4n) is 9.57. The Balaban J connectivity index is 1.14. The van der Waals surface area contributed by atoms with Gasteiger partial charge in [-0.1, -0.05) is 83.5 Å². The van der Waals surface area contributed by atoms with Crippen molar-refractivity contribution in [1.82, 2.24) is 45.9 Å². The molecule has 0 radical (unpaired) electrons. The van der Waals surface area contributed by atoms with E-state index >= 15 is 4.39 Å². The summed E-state index contributed by atoms with van der Waals surface area (Å²) in [5.74, 6) is -7.46. The first-order valence-electron chi connectivity index (χ1n) is 28.3. The van der Waals surface area contributed by atoms with Gasteiger partial charge >= 0.3 is 12.0 Å². The Kier molecular flexibility index (Phi) is 25.6. The molecule has 86 heavy (non-hydrogen) atoms. The maximum absolute atomic E-state index is 15.2. The molecule has 12 N–H and O–H groups in total. The molecule has 0 saturated heterocycles. The molecule has 1 aliphatic rings. The topological polar surface area (TPSA) is 360 Å². The molecule has 1 aromatic heterocycles. The molecule has 0 saturated carbocycles. The number of nitrogens with two attached hydrogens (primary N) is 2. The molecule has 5 atom stereocenters. The smallest absolute Gasteiger partial charge is 0.326 e. The van der Waals surface area contributed by atoms with Crippen LogP contribution in [0.5, 0.6) is 0 Å². The predicted octanol–water partition coefficient (Wildman–Crippen LogP) is 3.32. The second kappa shape index (κ2) is 32.4. The van der Waals surface area contributed by atoms with E-state index in [0.717, 1.165) is 28.7 Å². The lowest BCUT2D eigenvalue weighted by Gasteiger charge is -2.40. The Bertz CT molecular complexity index is 3060. The highest BCUT2D eigenvalue weighted by Gasteiger charge is 2.39. The zero-order valence-electron chi connectivity index (χ0n) is 48.9. The van der Waals surface area contributed by atoms with E-state index < -0.39 is 107 Å². The van der Waals surface area contributed by atoms with Crippen molar-refractivity contribution < 1.29 is 66.9 Å². The van der Waals surface area contributed by atoms with Crippen molar-refractivity contribution in [2.45, 2.75) is 129 Å². The highest BCUT2D eigenvalue weighted by atomic mass is 19.1. The third kappa shape index (κ3) is 20.7. The maximum atomic E-state index is 15.2. The van der Waals surface area contributed by atoms with Crippen LogP contribution in [0.2, 0.25) is 0 Å². The lowest BCUT2D eigenvalue weighted by atomic mass is 9.84. The van der Waals surface area contributed by atoms with Gasteiger partial charge in [-0.25, -0.2) is 23.4 Å². The van der Waals surface area contributed by atoms with Gasteiger partial charge in [-0.2, -0.15) is 0 Å². The number of nitrogens with zero attached hydrogens (tertiary/aromatic N) is 4. The van der Waals surface area contributed by atoms with Crippen molar-refractivity contribution in [3.63, 3.8) is 0 Å². The number of imide groups is 1. The molecule has 10 amide bonds. The van der Waals surface area contributed by atoms with Crippen LogP contribution >= 0.6 is 0 Å². The zero-order valence-corrected chi connectivity index (χ0v) is 48.9. The monoisotopic (exact) mass is 1200 g/mol. The number of aliphatic hydroxyl groups is 1. The number of aliphatic hydroxyl groups excluding tert-OH is 1. The first-order chi connectivity index (χ1) is 40.7. The summed E-state index contributed by atoms with van der Waals surface area (Å²) in [6.07, 6.45) is 5.09. The number of hydrogen-bond acceptors (Lipinski definition) is 13. The average Bonchev–Trinajstić information content (AvgIpc) is 3.57. The Labute approximate surface area is 497 Å². The SMILES string of the molecule is CC(C)[C@H](NC(=O)CCCCCN1C(=O)C=CC1=O)C(=O)N[C@@H](CCCNC(N)=O)C(=O)Nc1ccc(C[C@H](NC(=O)CCNC(=O)[C@@H](N)CCN(C(=O)CO)[C@@H](c2nc(-c3cc(F)ccc3F)cn2Cc2ccccc2)C(C)(C)C)C(=O)O)cc1. The van der Waals surface area contributed by atoms with E-state index in [9.17, 15) is 62.5 Å². The van der Waals surface area contributed by atoms with Gasteiger partial charge in [0.2, 0.25) is 35.4 Å². The van der Waals surface area contributed by atoms with Crippen molar-refractivity contribution in [1.29, 1.82) is 0 Å². The van der Waals surface area contributed by atoms with E-state index in [4.69, 9.17) is 16.5 Å². The molecule has 3 aromatic carbocycles. The van der Waals surface area contributed by atoms with Crippen LogP contribution in [0.15, 0.2) is 91.1 Å². The molecular formula is C60H78F2N12O12. The number of anilines is 1. The number of carboxylic acids is 1. The Morgan fingerprint density at radius 1 is 0.744 bits per heavy atom. The maximum Gasteiger partial charge on any atom is 0.326 e. The molecule has 4 aromatic rings. The summed E-state index contributed by atoms with van der Waals surface area (Å²) in [7, 11) is 0. The number of primary amides is 1. The molecule has 2 heterocycles. The number of halogens is 2. The average molecular weight is 1200 g/mol. The summed E-state index contributed by atoms with van der Waals surface area (Å²) in [6, 6.07) is 11.8. The minimum Gasteiger partial charge on any atom is -0.480 e. The third-order valence-corrected chi connectivity index (χ3v) is 14.1. The third-order valence-electron chi connectivity index (χ3n) is 14.1. The van der Waals surface area contributed by atoms with Crippen LogP contribution in [0.1, 0.15) is 109 Å². The van der Waals surface area contributed by atoms with Crippen LogP contribution in [0, 0.1) is 23.0 Å². The van der Waals surface area contributed by atoms with Crippen molar-refractivity contribution in [2.75, 3.05) is 38.1 Å². The molecule has 5 rings (SSSR count). The number of carbonyl (C=O) groups is 10. The molecule has 24 nitrogen and oxygen atoms in total. The summed E-state index contributed by atoms with van der Waals surface area (Å²) in [6.45, 7) is 8.15. The minimum absolute atomic E-state index is 0.0474. The van der Waals surface area contributed by atoms with E-state index in [1.54, 1.807) is 24.6 Å². The van der Waals surface area contributed by atoms with Gasteiger partial charge in [-0.3, -0.25) is 43.3 Å². The number of benzene rings is 3. The second-order valence-corrected chi connectivity index (χ2v) is 22.3. The molecular weight excluding hydrogens is 1120 g/mol. The Hall–Kier alpha value is -8.91. The highest BCUT2D eigenvalue weighted by molar-refractivity contribution is 6.12. The molecule has 0 fully saturated rings. The number of carboxylic acid groups (broad SMARTS) is 1.